The molecule has 1 aromatic rings. The number of Topliss-reactive ketones (excluding diaryl/α,β-unsaturated/α-hetero) is 1. The molecule has 0 radical (unpaired) electrons. The maximum Gasteiger partial charge on any atom is 0.136 e. The highest BCUT2D eigenvalue weighted by Gasteiger charge is 2.59. The number of carbonyl (C=O) groups excluding carboxylic acids is 1. The zero-order valence-corrected chi connectivity index (χ0v) is 16.8. The molecule has 144 valence electrons. The number of ketones is 1. The Hall–Kier alpha value is -1.51. The predicted octanol–water partition coefficient (Wildman–Crippen LogP) is 5.60. The second-order valence-corrected chi connectivity index (χ2v) is 9.36. The highest BCUT2D eigenvalue weighted by molar-refractivity contribution is 5.86. The van der Waals surface area contributed by atoms with Crippen molar-refractivity contribution in [3.05, 3.63) is 23.3 Å². The second kappa shape index (κ2) is 6.90. The first kappa shape index (κ1) is 19.3. The van der Waals surface area contributed by atoms with Crippen molar-refractivity contribution in [1.82, 2.24) is 0 Å². The Morgan fingerprint density at radius 1 is 1.15 bits per heavy atom. The van der Waals surface area contributed by atoms with Crippen LogP contribution >= 0.6 is 0 Å². The number of hydrogen-bond donors (Lipinski definition) is 2. The van der Waals surface area contributed by atoms with Gasteiger partial charge in [0.15, 0.2) is 0 Å². The van der Waals surface area contributed by atoms with Gasteiger partial charge in [0.05, 0.1) is 0 Å². The van der Waals surface area contributed by atoms with Gasteiger partial charge in [0, 0.05) is 23.3 Å². The Balaban J connectivity index is 1.86. The number of fused-ring (bicyclic) bond motifs is 2. The van der Waals surface area contributed by atoms with E-state index in [2.05, 4.69) is 20.8 Å². The van der Waals surface area contributed by atoms with Gasteiger partial charge in [-0.05, 0) is 48.3 Å². The number of carbonyl (C=O) groups is 1. The standard InChI is InChI=1S/C23H34O3/c1-5-6-7-8-11-22(2,3)16-13-19(25)21(20(26)14-16)23(4)15-9-10-18(24)17(23)12-15/h13-15,17,25-26H,5-12H2,1-4H3/t15-,17-,23+/m1/s1. The number of hydrogen-bond acceptors (Lipinski definition) is 3. The van der Waals surface area contributed by atoms with E-state index in [0.29, 0.717) is 17.9 Å². The lowest BCUT2D eigenvalue weighted by Crippen LogP contribution is -2.57. The molecule has 2 N–H and O–H groups in total. The third-order valence-electron chi connectivity index (χ3n) is 7.29. The first-order valence-electron chi connectivity index (χ1n) is 10.3. The van der Waals surface area contributed by atoms with Gasteiger partial charge in [-0.3, -0.25) is 4.79 Å². The third-order valence-corrected chi connectivity index (χ3v) is 7.29. The molecule has 0 aromatic heterocycles. The molecule has 0 unspecified atom stereocenters. The maximum absolute atomic E-state index is 12.3. The molecular formula is C23H34O3. The molecule has 0 aliphatic heterocycles. The first-order valence-corrected chi connectivity index (χ1v) is 10.3. The van der Waals surface area contributed by atoms with Crippen LogP contribution in [0.1, 0.15) is 90.2 Å². The van der Waals surface area contributed by atoms with Crippen LogP contribution in [0.25, 0.3) is 0 Å². The lowest BCUT2D eigenvalue weighted by atomic mass is 9.45. The zero-order valence-electron chi connectivity index (χ0n) is 16.8. The lowest BCUT2D eigenvalue weighted by Gasteiger charge is -2.57. The maximum atomic E-state index is 12.3. The van der Waals surface area contributed by atoms with Crippen molar-refractivity contribution in [2.24, 2.45) is 11.8 Å². The summed E-state index contributed by atoms with van der Waals surface area (Å²) in [5.41, 5.74) is 1.07. The summed E-state index contributed by atoms with van der Waals surface area (Å²) >= 11 is 0. The summed E-state index contributed by atoms with van der Waals surface area (Å²) in [7, 11) is 0. The summed E-state index contributed by atoms with van der Waals surface area (Å²) in [6.45, 7) is 8.61. The van der Waals surface area contributed by atoms with E-state index in [1.54, 1.807) is 0 Å². The fourth-order valence-corrected chi connectivity index (χ4v) is 5.34. The molecule has 0 saturated heterocycles. The summed E-state index contributed by atoms with van der Waals surface area (Å²) in [6, 6.07) is 3.66. The Labute approximate surface area is 157 Å². The average molecular weight is 359 g/mol. The van der Waals surface area contributed by atoms with Crippen LogP contribution in [0.2, 0.25) is 0 Å². The molecule has 0 amide bonds. The summed E-state index contributed by atoms with van der Waals surface area (Å²) < 4.78 is 0. The number of phenolic OH excluding ortho intramolecular Hbond substituents is 2. The van der Waals surface area contributed by atoms with Gasteiger partial charge >= 0.3 is 0 Å². The molecule has 2 aliphatic carbocycles. The average Bonchev–Trinajstić information content (AvgIpc) is 2.57. The minimum Gasteiger partial charge on any atom is -0.507 e. The molecule has 3 heteroatoms. The number of rotatable bonds is 7. The molecule has 1 aromatic carbocycles. The van der Waals surface area contributed by atoms with E-state index in [0.717, 1.165) is 31.2 Å². The van der Waals surface area contributed by atoms with E-state index in [-0.39, 0.29) is 28.6 Å². The smallest absolute Gasteiger partial charge is 0.136 e. The van der Waals surface area contributed by atoms with Crippen molar-refractivity contribution >= 4 is 5.78 Å². The summed E-state index contributed by atoms with van der Waals surface area (Å²) in [5, 5.41) is 21.6. The van der Waals surface area contributed by atoms with E-state index in [1.165, 1.54) is 19.3 Å². The van der Waals surface area contributed by atoms with Crippen molar-refractivity contribution in [3.8, 4) is 11.5 Å². The number of benzene rings is 1. The fourth-order valence-electron chi connectivity index (χ4n) is 5.34. The van der Waals surface area contributed by atoms with Crippen LogP contribution in [-0.4, -0.2) is 16.0 Å². The van der Waals surface area contributed by atoms with Crippen LogP contribution in [0.15, 0.2) is 12.1 Å². The van der Waals surface area contributed by atoms with E-state index >= 15 is 0 Å². The Bertz CT molecular complexity index is 666. The van der Waals surface area contributed by atoms with Crippen molar-refractivity contribution < 1.29 is 15.0 Å². The van der Waals surface area contributed by atoms with E-state index in [1.807, 2.05) is 19.1 Å². The minimum atomic E-state index is -0.409. The molecule has 3 atom stereocenters. The number of phenols is 2. The van der Waals surface area contributed by atoms with Gasteiger partial charge in [0.25, 0.3) is 0 Å². The summed E-state index contributed by atoms with van der Waals surface area (Å²) in [6.07, 6.45) is 8.30. The minimum absolute atomic E-state index is 0.0500. The Morgan fingerprint density at radius 3 is 2.35 bits per heavy atom. The van der Waals surface area contributed by atoms with Gasteiger partial charge in [0.1, 0.15) is 17.3 Å². The molecule has 3 rings (SSSR count). The van der Waals surface area contributed by atoms with Gasteiger partial charge in [0.2, 0.25) is 0 Å². The molecule has 2 aliphatic rings. The molecule has 2 saturated carbocycles. The summed E-state index contributed by atoms with van der Waals surface area (Å²) in [4.78, 5) is 12.3. The van der Waals surface area contributed by atoms with Crippen molar-refractivity contribution in [1.29, 1.82) is 0 Å². The number of aromatic hydroxyl groups is 2. The fraction of sp³-hybridized carbons (Fsp3) is 0.696. The molecule has 0 spiro atoms. The molecule has 26 heavy (non-hydrogen) atoms. The van der Waals surface area contributed by atoms with Crippen LogP contribution in [0.5, 0.6) is 11.5 Å². The Kier molecular flexibility index (Phi) is 5.11. The monoisotopic (exact) mass is 358 g/mol. The van der Waals surface area contributed by atoms with Crippen molar-refractivity contribution in [3.63, 3.8) is 0 Å². The van der Waals surface area contributed by atoms with Gasteiger partial charge in [-0.2, -0.15) is 0 Å². The third kappa shape index (κ3) is 3.04. The quantitative estimate of drug-likeness (QED) is 0.624. The van der Waals surface area contributed by atoms with Crippen LogP contribution in [0.4, 0.5) is 0 Å². The topological polar surface area (TPSA) is 57.5 Å². The molecule has 0 heterocycles. The largest absolute Gasteiger partial charge is 0.507 e. The SMILES string of the molecule is CCCCCCC(C)(C)c1cc(O)c([C@@]2(C)[C@@H]3CCC(=O)[C@H]2C3)c(O)c1. The van der Waals surface area contributed by atoms with Gasteiger partial charge in [-0.25, -0.2) is 0 Å². The predicted molar refractivity (Wildman–Crippen MR) is 105 cm³/mol. The van der Waals surface area contributed by atoms with E-state index < -0.39 is 5.41 Å². The molecular weight excluding hydrogens is 324 g/mol. The number of unbranched alkanes of at least 4 members (excludes halogenated alkanes) is 3. The van der Waals surface area contributed by atoms with Crippen LogP contribution in [0, 0.1) is 11.8 Å². The molecule has 2 fully saturated rings. The van der Waals surface area contributed by atoms with Crippen molar-refractivity contribution in [2.45, 2.75) is 89.9 Å². The van der Waals surface area contributed by atoms with Gasteiger partial charge in [-0.1, -0.05) is 53.4 Å². The first-order chi connectivity index (χ1) is 12.2. The van der Waals surface area contributed by atoms with Gasteiger partial charge in [-0.15, -0.1) is 0 Å². The molecule has 3 nitrogen and oxygen atoms in total. The highest BCUT2D eigenvalue weighted by Crippen LogP contribution is 2.62. The van der Waals surface area contributed by atoms with Crippen LogP contribution in [-0.2, 0) is 15.6 Å². The normalized spacial score (nSPS) is 28.1. The highest BCUT2D eigenvalue weighted by atomic mass is 16.3. The van der Waals surface area contributed by atoms with Crippen LogP contribution < -0.4 is 0 Å². The lowest BCUT2D eigenvalue weighted by molar-refractivity contribution is -0.140. The van der Waals surface area contributed by atoms with Crippen molar-refractivity contribution in [2.75, 3.05) is 0 Å². The van der Waals surface area contributed by atoms with Crippen LogP contribution in [0.3, 0.4) is 0 Å². The summed E-state index contributed by atoms with van der Waals surface area (Å²) in [5.74, 6) is 0.942. The molecule has 2 bridgehead atoms. The Morgan fingerprint density at radius 2 is 1.81 bits per heavy atom. The van der Waals surface area contributed by atoms with Gasteiger partial charge < -0.3 is 10.2 Å². The second-order valence-electron chi connectivity index (χ2n) is 9.36. The van der Waals surface area contributed by atoms with E-state index in [4.69, 9.17) is 0 Å². The van der Waals surface area contributed by atoms with E-state index in [9.17, 15) is 15.0 Å². The zero-order chi connectivity index (χ0) is 19.1.